The van der Waals surface area contributed by atoms with Gasteiger partial charge in [0.1, 0.15) is 18.1 Å². The van der Waals surface area contributed by atoms with E-state index in [2.05, 4.69) is 20.6 Å². The number of carboxylic acid groups (broad SMARTS) is 1. The maximum Gasteiger partial charge on any atom is 0.326 e. The van der Waals surface area contributed by atoms with E-state index in [1.807, 2.05) is 27.7 Å². The first-order valence-electron chi connectivity index (χ1n) is 11.9. The Labute approximate surface area is 200 Å². The SMILES string of the molecule is CCC(C)C(NC(=O)C(CC(C)C)NC(=O)C(N)Cc1cnc[nH]1)C(=O)N1CCCC1C(=O)O. The number of imidazole rings is 1. The van der Waals surface area contributed by atoms with Gasteiger partial charge in [0.2, 0.25) is 17.7 Å². The minimum atomic E-state index is -1.05. The molecule has 0 saturated carbocycles. The number of carbonyl (C=O) groups is 4. The zero-order chi connectivity index (χ0) is 25.4. The van der Waals surface area contributed by atoms with Crippen molar-refractivity contribution in [2.75, 3.05) is 6.54 Å². The molecule has 11 nitrogen and oxygen atoms in total. The van der Waals surface area contributed by atoms with Crippen LogP contribution in [0.25, 0.3) is 0 Å². The third kappa shape index (κ3) is 7.28. The fourth-order valence-corrected chi connectivity index (χ4v) is 4.11. The Kier molecular flexibility index (Phi) is 10.0. The number of aromatic amines is 1. The number of nitrogens with two attached hydrogens (primary N) is 1. The molecule has 11 heteroatoms. The summed E-state index contributed by atoms with van der Waals surface area (Å²) in [6.07, 6.45) is 5.27. The zero-order valence-electron chi connectivity index (χ0n) is 20.4. The van der Waals surface area contributed by atoms with Gasteiger partial charge in [0.25, 0.3) is 0 Å². The second-order valence-corrected chi connectivity index (χ2v) is 9.48. The lowest BCUT2D eigenvalue weighted by Gasteiger charge is -2.32. The molecule has 1 aromatic rings. The normalized spacial score (nSPS) is 19.4. The molecule has 1 fully saturated rings. The third-order valence-electron chi connectivity index (χ3n) is 6.27. The molecule has 5 unspecified atom stereocenters. The molecular formula is C23H38N6O5. The van der Waals surface area contributed by atoms with Crippen molar-refractivity contribution in [3.8, 4) is 0 Å². The topological polar surface area (TPSA) is 171 Å². The monoisotopic (exact) mass is 478 g/mol. The predicted octanol–water partition coefficient (Wildman–Crippen LogP) is 0.417. The summed E-state index contributed by atoms with van der Waals surface area (Å²) in [4.78, 5) is 59.0. The van der Waals surface area contributed by atoms with Gasteiger partial charge in [-0.05, 0) is 31.1 Å². The Morgan fingerprint density at radius 3 is 2.50 bits per heavy atom. The Balaban J connectivity index is 2.13. The number of rotatable bonds is 12. The lowest BCUT2D eigenvalue weighted by molar-refractivity contribution is -0.150. The third-order valence-corrected chi connectivity index (χ3v) is 6.27. The van der Waals surface area contributed by atoms with Crippen LogP contribution in [0.2, 0.25) is 0 Å². The van der Waals surface area contributed by atoms with E-state index < -0.39 is 47.9 Å². The number of nitrogens with one attached hydrogen (secondary N) is 3. The van der Waals surface area contributed by atoms with Crippen molar-refractivity contribution in [1.82, 2.24) is 25.5 Å². The van der Waals surface area contributed by atoms with Crippen LogP contribution in [-0.2, 0) is 25.6 Å². The van der Waals surface area contributed by atoms with Crippen LogP contribution in [0, 0.1) is 11.8 Å². The highest BCUT2D eigenvalue weighted by atomic mass is 16.4. The van der Waals surface area contributed by atoms with E-state index in [1.54, 1.807) is 6.20 Å². The second-order valence-electron chi connectivity index (χ2n) is 9.48. The number of carbonyl (C=O) groups excluding carboxylic acids is 3. The van der Waals surface area contributed by atoms with Gasteiger partial charge >= 0.3 is 5.97 Å². The molecule has 1 aromatic heterocycles. The number of aliphatic carboxylic acids is 1. The summed E-state index contributed by atoms with van der Waals surface area (Å²) in [7, 11) is 0. The van der Waals surface area contributed by atoms with Gasteiger partial charge < -0.3 is 31.4 Å². The summed E-state index contributed by atoms with van der Waals surface area (Å²) in [5, 5.41) is 15.0. The second kappa shape index (κ2) is 12.5. The van der Waals surface area contributed by atoms with E-state index in [4.69, 9.17) is 5.73 Å². The van der Waals surface area contributed by atoms with E-state index in [1.165, 1.54) is 11.2 Å². The quantitative estimate of drug-likeness (QED) is 0.290. The highest BCUT2D eigenvalue weighted by Gasteiger charge is 2.40. The molecule has 5 atom stereocenters. The van der Waals surface area contributed by atoms with Crippen LogP contribution < -0.4 is 16.4 Å². The first kappa shape index (κ1) is 27.3. The Morgan fingerprint density at radius 1 is 1.24 bits per heavy atom. The van der Waals surface area contributed by atoms with Crippen LogP contribution in [0.5, 0.6) is 0 Å². The van der Waals surface area contributed by atoms with Crippen LogP contribution in [0.3, 0.4) is 0 Å². The maximum absolute atomic E-state index is 13.3. The van der Waals surface area contributed by atoms with Crippen molar-refractivity contribution >= 4 is 23.7 Å². The number of carboxylic acids is 1. The zero-order valence-corrected chi connectivity index (χ0v) is 20.4. The molecule has 34 heavy (non-hydrogen) atoms. The molecule has 1 aliphatic rings. The molecule has 0 aromatic carbocycles. The van der Waals surface area contributed by atoms with Gasteiger partial charge in [-0.25, -0.2) is 9.78 Å². The molecule has 3 amide bonds. The van der Waals surface area contributed by atoms with Crippen molar-refractivity contribution in [2.45, 2.75) is 84.0 Å². The number of aromatic nitrogens is 2. The molecule has 190 valence electrons. The van der Waals surface area contributed by atoms with Crippen molar-refractivity contribution < 1.29 is 24.3 Å². The summed E-state index contributed by atoms with van der Waals surface area (Å²) in [6.45, 7) is 7.93. The van der Waals surface area contributed by atoms with Crippen molar-refractivity contribution in [1.29, 1.82) is 0 Å². The molecule has 1 saturated heterocycles. The first-order valence-corrected chi connectivity index (χ1v) is 11.9. The summed E-state index contributed by atoms with van der Waals surface area (Å²) < 4.78 is 0. The van der Waals surface area contributed by atoms with E-state index in [0.29, 0.717) is 37.9 Å². The van der Waals surface area contributed by atoms with Crippen molar-refractivity contribution in [3.05, 3.63) is 18.2 Å². The molecular weight excluding hydrogens is 440 g/mol. The number of amides is 3. The van der Waals surface area contributed by atoms with Crippen molar-refractivity contribution in [3.63, 3.8) is 0 Å². The molecule has 2 rings (SSSR count). The van der Waals surface area contributed by atoms with Gasteiger partial charge in [-0.3, -0.25) is 14.4 Å². The Morgan fingerprint density at radius 2 is 1.94 bits per heavy atom. The highest BCUT2D eigenvalue weighted by Crippen LogP contribution is 2.21. The van der Waals surface area contributed by atoms with Crippen LogP contribution in [0.15, 0.2) is 12.5 Å². The van der Waals surface area contributed by atoms with Gasteiger partial charge in [-0.2, -0.15) is 0 Å². The van der Waals surface area contributed by atoms with Crippen LogP contribution in [0.4, 0.5) is 0 Å². The number of H-pyrrole nitrogens is 1. The number of hydrogen-bond donors (Lipinski definition) is 5. The minimum Gasteiger partial charge on any atom is -0.480 e. The summed E-state index contributed by atoms with van der Waals surface area (Å²) >= 11 is 0. The van der Waals surface area contributed by atoms with E-state index in [-0.39, 0.29) is 18.3 Å². The average Bonchev–Trinajstić information content (AvgIpc) is 3.47. The minimum absolute atomic E-state index is 0.0904. The number of hydrogen-bond acceptors (Lipinski definition) is 6. The molecule has 6 N–H and O–H groups in total. The molecule has 0 radical (unpaired) electrons. The van der Waals surface area contributed by atoms with Gasteiger partial charge in [-0.1, -0.05) is 34.1 Å². The highest BCUT2D eigenvalue weighted by molar-refractivity contribution is 5.94. The molecule has 1 aliphatic heterocycles. The summed E-state index contributed by atoms with van der Waals surface area (Å²) in [5.74, 6) is -2.54. The standard InChI is InChI=1S/C23H38N6O5/c1-5-14(4)19(22(32)29-8-6-7-18(29)23(33)34)28-21(31)17(9-13(2)3)27-20(30)16(24)10-15-11-25-12-26-15/h11-14,16-19H,5-10,24H2,1-4H3,(H,25,26)(H,27,30)(H,28,31)(H,33,34). The van der Waals surface area contributed by atoms with Gasteiger partial charge in [-0.15, -0.1) is 0 Å². The fourth-order valence-electron chi connectivity index (χ4n) is 4.11. The largest absolute Gasteiger partial charge is 0.480 e. The summed E-state index contributed by atoms with van der Waals surface area (Å²) in [5.41, 5.74) is 6.73. The van der Waals surface area contributed by atoms with Gasteiger partial charge in [0.05, 0.1) is 12.4 Å². The molecule has 0 spiro atoms. The lowest BCUT2D eigenvalue weighted by atomic mass is 9.96. The van der Waals surface area contributed by atoms with Crippen LogP contribution in [0.1, 0.15) is 59.1 Å². The van der Waals surface area contributed by atoms with Gasteiger partial charge in [0.15, 0.2) is 0 Å². The number of nitrogens with zero attached hydrogens (tertiary/aromatic N) is 2. The smallest absolute Gasteiger partial charge is 0.326 e. The van der Waals surface area contributed by atoms with E-state index in [9.17, 15) is 24.3 Å². The van der Waals surface area contributed by atoms with Crippen LogP contribution >= 0.6 is 0 Å². The predicted molar refractivity (Wildman–Crippen MR) is 125 cm³/mol. The number of likely N-dealkylation sites (tertiary alicyclic amines) is 1. The average molecular weight is 479 g/mol. The Bertz CT molecular complexity index is 843. The maximum atomic E-state index is 13.3. The summed E-state index contributed by atoms with van der Waals surface area (Å²) in [6, 6.07) is -3.53. The molecule has 2 heterocycles. The van der Waals surface area contributed by atoms with Crippen molar-refractivity contribution in [2.24, 2.45) is 17.6 Å². The van der Waals surface area contributed by atoms with Crippen LogP contribution in [-0.4, -0.2) is 74.4 Å². The fraction of sp³-hybridized carbons (Fsp3) is 0.696. The van der Waals surface area contributed by atoms with E-state index >= 15 is 0 Å². The first-order chi connectivity index (χ1) is 16.0. The van der Waals surface area contributed by atoms with Gasteiger partial charge in [0, 0.05) is 24.9 Å². The van der Waals surface area contributed by atoms with E-state index in [0.717, 1.165) is 0 Å². The Hall–Kier alpha value is -2.95. The molecule has 0 aliphatic carbocycles. The molecule has 0 bridgehead atoms. The lowest BCUT2D eigenvalue weighted by Crippen LogP contribution is -2.59.